The number of para-hydroxylation sites is 1. The first-order valence-corrected chi connectivity index (χ1v) is 8.59. The van der Waals surface area contributed by atoms with Gasteiger partial charge < -0.3 is 4.42 Å². The second kappa shape index (κ2) is 6.99. The molecule has 0 N–H and O–H groups in total. The summed E-state index contributed by atoms with van der Waals surface area (Å²) in [5.41, 5.74) is -0.350. The van der Waals surface area contributed by atoms with Gasteiger partial charge in [0.1, 0.15) is 11.8 Å². The molecule has 28 heavy (non-hydrogen) atoms. The highest BCUT2D eigenvalue weighted by Crippen LogP contribution is 2.41. The van der Waals surface area contributed by atoms with Crippen LogP contribution in [0.1, 0.15) is 22.0 Å². The van der Waals surface area contributed by atoms with Crippen molar-refractivity contribution in [3.8, 4) is 0 Å². The molecule has 0 saturated carbocycles. The lowest BCUT2D eigenvalue weighted by Gasteiger charge is -2.26. The van der Waals surface area contributed by atoms with Gasteiger partial charge >= 0.3 is 6.18 Å². The number of furan rings is 1. The fraction of sp³-hybridized carbons (Fsp3) is 0.143. The number of hydrazone groups is 1. The van der Waals surface area contributed by atoms with Crippen LogP contribution in [-0.2, 0) is 0 Å². The van der Waals surface area contributed by atoms with Crippen LogP contribution in [0.15, 0.2) is 88.6 Å². The third-order valence-electron chi connectivity index (χ3n) is 4.58. The van der Waals surface area contributed by atoms with E-state index >= 15 is 0 Å². The van der Waals surface area contributed by atoms with Crippen molar-refractivity contribution in [3.05, 3.63) is 90.4 Å². The van der Waals surface area contributed by atoms with Gasteiger partial charge in [0.05, 0.1) is 17.9 Å². The molecule has 2 heterocycles. The molecule has 1 aliphatic heterocycles. The molecule has 4 rings (SSSR count). The number of Topliss-reactive ketones (excluding diaryl/α,β-unsaturated/α-hetero) is 1. The fourth-order valence-electron chi connectivity index (χ4n) is 3.36. The van der Waals surface area contributed by atoms with E-state index in [9.17, 15) is 18.0 Å². The number of ketones is 1. The lowest BCUT2D eigenvalue weighted by Crippen LogP contribution is -2.41. The van der Waals surface area contributed by atoms with Crippen molar-refractivity contribution in [1.29, 1.82) is 0 Å². The number of anilines is 1. The maximum Gasteiger partial charge on any atom is 0.432 e. The number of benzene rings is 2. The van der Waals surface area contributed by atoms with E-state index in [1.165, 1.54) is 18.4 Å². The highest BCUT2D eigenvalue weighted by molar-refractivity contribution is 6.11. The molecule has 2 atom stereocenters. The summed E-state index contributed by atoms with van der Waals surface area (Å²) in [4.78, 5) is 13.3. The number of halogens is 3. The molecule has 0 bridgehead atoms. The maximum atomic E-state index is 13.8. The normalized spacial score (nSPS) is 19.5. The van der Waals surface area contributed by atoms with Crippen molar-refractivity contribution in [2.45, 2.75) is 18.1 Å². The van der Waals surface area contributed by atoms with E-state index < -0.39 is 29.6 Å². The lowest BCUT2D eigenvalue weighted by molar-refractivity contribution is -0.0610. The molecule has 7 heteroatoms. The summed E-state index contributed by atoms with van der Waals surface area (Å²) >= 11 is 0. The van der Waals surface area contributed by atoms with Gasteiger partial charge in [-0.25, -0.2) is 0 Å². The average molecular weight is 384 g/mol. The predicted molar refractivity (Wildman–Crippen MR) is 98.4 cm³/mol. The van der Waals surface area contributed by atoms with Crippen LogP contribution in [0.25, 0.3) is 0 Å². The zero-order valence-electron chi connectivity index (χ0n) is 14.5. The predicted octanol–water partition coefficient (Wildman–Crippen LogP) is 5.05. The first-order chi connectivity index (χ1) is 13.5. The zero-order valence-corrected chi connectivity index (χ0v) is 14.5. The molecule has 0 saturated heterocycles. The highest BCUT2D eigenvalue weighted by atomic mass is 19.4. The molecule has 0 unspecified atom stereocenters. The molecular weight excluding hydrogens is 369 g/mol. The first kappa shape index (κ1) is 18.0. The molecular formula is C21H15F3N2O2. The molecule has 142 valence electrons. The van der Waals surface area contributed by atoms with Gasteiger partial charge in [-0.05, 0) is 24.3 Å². The Bertz CT molecular complexity index is 984. The van der Waals surface area contributed by atoms with Crippen molar-refractivity contribution in [3.63, 3.8) is 0 Å². The van der Waals surface area contributed by atoms with Crippen LogP contribution in [0.2, 0.25) is 0 Å². The smallest absolute Gasteiger partial charge is 0.432 e. The monoisotopic (exact) mass is 384 g/mol. The van der Waals surface area contributed by atoms with Gasteiger partial charge in [-0.2, -0.15) is 18.3 Å². The molecule has 1 aromatic heterocycles. The van der Waals surface area contributed by atoms with Gasteiger partial charge in [-0.3, -0.25) is 9.80 Å². The molecule has 0 aliphatic carbocycles. The number of rotatable bonds is 4. The standard InChI is InChI=1S/C21H15F3N2O2/c22-21(23,24)20-17(16-12-7-13-28-16)18(19(27)14-8-3-1-4-9-14)26(25-20)15-10-5-2-6-11-15/h1-13,17-18H/t17-,18+/m1/s1. The topological polar surface area (TPSA) is 45.8 Å². The molecule has 0 spiro atoms. The van der Waals surface area contributed by atoms with Crippen LogP contribution in [0.3, 0.4) is 0 Å². The molecule has 3 aromatic rings. The van der Waals surface area contributed by atoms with Crippen LogP contribution in [-0.4, -0.2) is 23.7 Å². The minimum Gasteiger partial charge on any atom is -0.469 e. The third-order valence-corrected chi connectivity index (χ3v) is 4.58. The second-order valence-corrected chi connectivity index (χ2v) is 6.33. The number of hydrogen-bond donors (Lipinski definition) is 0. The van der Waals surface area contributed by atoms with Crippen molar-refractivity contribution in [2.24, 2.45) is 5.10 Å². The van der Waals surface area contributed by atoms with E-state index in [0.29, 0.717) is 11.3 Å². The maximum absolute atomic E-state index is 13.8. The summed E-state index contributed by atoms with van der Waals surface area (Å²) in [6.45, 7) is 0. The van der Waals surface area contributed by atoms with E-state index in [1.54, 1.807) is 60.7 Å². The van der Waals surface area contributed by atoms with Crippen molar-refractivity contribution in [2.75, 3.05) is 5.01 Å². The van der Waals surface area contributed by atoms with Gasteiger partial charge in [-0.1, -0.05) is 48.5 Å². The van der Waals surface area contributed by atoms with Gasteiger partial charge in [0.2, 0.25) is 0 Å². The minimum atomic E-state index is -4.71. The quantitative estimate of drug-likeness (QED) is 0.591. The van der Waals surface area contributed by atoms with Crippen LogP contribution in [0, 0.1) is 0 Å². The molecule has 0 amide bonds. The Morgan fingerprint density at radius 1 is 0.929 bits per heavy atom. The van der Waals surface area contributed by atoms with Crippen molar-refractivity contribution in [1.82, 2.24) is 0 Å². The van der Waals surface area contributed by atoms with Gasteiger partial charge in [0, 0.05) is 5.56 Å². The number of alkyl halides is 3. The van der Waals surface area contributed by atoms with Gasteiger partial charge in [0.25, 0.3) is 0 Å². The molecule has 1 aliphatic rings. The van der Waals surface area contributed by atoms with E-state index in [2.05, 4.69) is 5.10 Å². The Labute approximate surface area is 158 Å². The van der Waals surface area contributed by atoms with E-state index in [1.807, 2.05) is 0 Å². The number of carbonyl (C=O) groups is 1. The average Bonchev–Trinajstić information content (AvgIpc) is 3.36. The van der Waals surface area contributed by atoms with Crippen molar-refractivity contribution < 1.29 is 22.4 Å². The third kappa shape index (κ3) is 3.19. The summed E-state index contributed by atoms with van der Waals surface area (Å²) in [5, 5.41) is 4.98. The van der Waals surface area contributed by atoms with E-state index in [0.717, 1.165) is 5.01 Å². The van der Waals surface area contributed by atoms with E-state index in [-0.39, 0.29) is 5.76 Å². The highest BCUT2D eigenvalue weighted by Gasteiger charge is 2.54. The molecule has 2 aromatic carbocycles. The first-order valence-electron chi connectivity index (χ1n) is 8.59. The van der Waals surface area contributed by atoms with Crippen molar-refractivity contribution >= 4 is 17.2 Å². The summed E-state index contributed by atoms with van der Waals surface area (Å²) in [6.07, 6.45) is -3.42. The van der Waals surface area contributed by atoms with Crippen LogP contribution in [0.5, 0.6) is 0 Å². The van der Waals surface area contributed by atoms with Crippen LogP contribution in [0.4, 0.5) is 18.9 Å². The number of carbonyl (C=O) groups excluding carboxylic acids is 1. The Hall–Kier alpha value is -3.35. The number of hydrogen-bond acceptors (Lipinski definition) is 4. The Balaban J connectivity index is 1.88. The summed E-state index contributed by atoms with van der Waals surface area (Å²) in [7, 11) is 0. The molecule has 4 nitrogen and oxygen atoms in total. The Kier molecular flexibility index (Phi) is 4.50. The Morgan fingerprint density at radius 2 is 1.57 bits per heavy atom. The largest absolute Gasteiger partial charge is 0.469 e. The molecule has 0 radical (unpaired) electrons. The Morgan fingerprint density at radius 3 is 2.14 bits per heavy atom. The van der Waals surface area contributed by atoms with Crippen LogP contribution >= 0.6 is 0 Å². The summed E-state index contributed by atoms with van der Waals surface area (Å²) in [5.74, 6) is -1.79. The fourth-order valence-corrected chi connectivity index (χ4v) is 3.36. The SMILES string of the molecule is O=C(c1ccccc1)[C@@H]1[C@@H](c2ccco2)C(C(F)(F)F)=NN1c1ccccc1. The molecule has 0 fully saturated rings. The zero-order chi connectivity index (χ0) is 19.7. The second-order valence-electron chi connectivity index (χ2n) is 6.33. The minimum absolute atomic E-state index is 0.0452. The van der Waals surface area contributed by atoms with E-state index in [4.69, 9.17) is 4.42 Å². The van der Waals surface area contributed by atoms with Gasteiger partial charge in [0.15, 0.2) is 11.5 Å². The summed E-state index contributed by atoms with van der Waals surface area (Å²) < 4.78 is 46.7. The van der Waals surface area contributed by atoms with Crippen LogP contribution < -0.4 is 5.01 Å². The lowest BCUT2D eigenvalue weighted by atomic mass is 9.87. The number of nitrogens with zero attached hydrogens (tertiary/aromatic N) is 2. The summed E-state index contributed by atoms with van der Waals surface area (Å²) in [6, 6.07) is 18.3. The van der Waals surface area contributed by atoms with Gasteiger partial charge in [-0.15, -0.1) is 0 Å².